The van der Waals surface area contributed by atoms with Crippen LogP contribution in [0.25, 0.3) is 21.9 Å². The van der Waals surface area contributed by atoms with Crippen molar-refractivity contribution in [2.45, 2.75) is 44.2 Å². The first kappa shape index (κ1) is 34.2. The van der Waals surface area contributed by atoms with Crippen LogP contribution >= 0.6 is 0 Å². The van der Waals surface area contributed by atoms with Gasteiger partial charge in [0.15, 0.2) is 0 Å². The van der Waals surface area contributed by atoms with E-state index in [9.17, 15) is 9.90 Å². The van der Waals surface area contributed by atoms with E-state index in [1.807, 2.05) is 91.0 Å². The highest BCUT2D eigenvalue weighted by Crippen LogP contribution is 2.43. The number of pyridine rings is 2. The molecule has 3 atom stereocenters. The highest BCUT2D eigenvalue weighted by Gasteiger charge is 2.42. The normalized spacial score (nSPS) is 17.5. The number of H-pyrrole nitrogens is 1. The molecule has 2 aromatic heterocycles. The van der Waals surface area contributed by atoms with Crippen molar-refractivity contribution < 1.29 is 24.1 Å². The lowest BCUT2D eigenvalue weighted by Crippen LogP contribution is -2.38. The zero-order valence-corrected chi connectivity index (χ0v) is 29.3. The Bertz CT molecular complexity index is 2120. The third-order valence-electron chi connectivity index (χ3n) is 9.97. The number of aliphatic hydroxyl groups is 1. The maximum atomic E-state index is 13.5. The van der Waals surface area contributed by atoms with Gasteiger partial charge in [-0.15, -0.1) is 0 Å². The second kappa shape index (κ2) is 14.6. The number of hydrogen-bond acceptors (Lipinski definition) is 8. The Balaban J connectivity index is 1.20. The van der Waals surface area contributed by atoms with Crippen molar-refractivity contribution in [1.29, 1.82) is 0 Å². The molecule has 0 bridgehead atoms. The number of anilines is 1. The summed E-state index contributed by atoms with van der Waals surface area (Å²) in [7, 11) is 3.27. The van der Waals surface area contributed by atoms with Crippen LogP contribution in [0.3, 0.4) is 0 Å². The van der Waals surface area contributed by atoms with Gasteiger partial charge < -0.3 is 33.9 Å². The second-order valence-electron chi connectivity index (χ2n) is 12.8. The summed E-state index contributed by atoms with van der Waals surface area (Å²) in [6.07, 6.45) is -1.94. The molecule has 1 aliphatic heterocycles. The Morgan fingerprint density at radius 1 is 0.824 bits per heavy atom. The molecule has 0 amide bonds. The van der Waals surface area contributed by atoms with Crippen molar-refractivity contribution in [3.05, 3.63) is 142 Å². The summed E-state index contributed by atoms with van der Waals surface area (Å²) < 4.78 is 24.4. The van der Waals surface area contributed by atoms with Crippen molar-refractivity contribution in [2.24, 2.45) is 0 Å². The summed E-state index contributed by atoms with van der Waals surface area (Å²) in [6, 6.07) is 35.7. The van der Waals surface area contributed by atoms with Crippen LogP contribution in [0, 0.1) is 0 Å². The molecule has 1 fully saturated rings. The van der Waals surface area contributed by atoms with E-state index in [1.165, 1.54) is 0 Å². The zero-order valence-electron chi connectivity index (χ0n) is 29.3. The molecule has 0 unspecified atom stereocenters. The van der Waals surface area contributed by atoms with Crippen molar-refractivity contribution in [2.75, 3.05) is 38.8 Å². The van der Waals surface area contributed by atoms with E-state index in [0.717, 1.165) is 63.3 Å². The highest BCUT2D eigenvalue weighted by molar-refractivity contribution is 5.92. The Hall–Kier alpha value is -5.22. The number of ether oxygens (including phenoxy) is 4. The molecule has 7 rings (SSSR count). The Morgan fingerprint density at radius 2 is 1.45 bits per heavy atom. The predicted molar refractivity (Wildman–Crippen MR) is 200 cm³/mol. The fourth-order valence-electron chi connectivity index (χ4n) is 7.18. The van der Waals surface area contributed by atoms with Crippen LogP contribution in [0.5, 0.6) is 11.5 Å². The van der Waals surface area contributed by atoms with Gasteiger partial charge in [-0.25, -0.2) is 4.98 Å². The summed E-state index contributed by atoms with van der Waals surface area (Å²) in [6.45, 7) is 6.09. The molecular formula is C42H43N3O6. The number of aliphatic hydroxyl groups excluding tert-OH is 1. The Kier molecular flexibility index (Phi) is 9.77. The number of benzene rings is 4. The smallest absolute Gasteiger partial charge is 0.255 e. The van der Waals surface area contributed by atoms with Crippen LogP contribution in [0.2, 0.25) is 0 Å². The fraction of sp³-hybridized carbons (Fsp3) is 0.286. The van der Waals surface area contributed by atoms with Crippen molar-refractivity contribution >= 4 is 27.6 Å². The third kappa shape index (κ3) is 6.56. The van der Waals surface area contributed by atoms with Crippen LogP contribution in [-0.2, 0) is 15.1 Å². The lowest BCUT2D eigenvalue weighted by molar-refractivity contribution is -0.0829. The molecule has 9 nitrogen and oxygen atoms in total. The van der Waals surface area contributed by atoms with E-state index in [2.05, 4.69) is 41.9 Å². The van der Waals surface area contributed by atoms with Gasteiger partial charge in [0.25, 0.3) is 5.56 Å². The van der Waals surface area contributed by atoms with Gasteiger partial charge in [-0.3, -0.25) is 4.79 Å². The largest absolute Gasteiger partial charge is 0.497 e. The molecule has 1 saturated heterocycles. The Labute approximate surface area is 297 Å². The number of hydrogen-bond donors (Lipinski definition) is 2. The molecule has 262 valence electrons. The lowest BCUT2D eigenvalue weighted by atomic mass is 9.80. The first-order valence-corrected chi connectivity index (χ1v) is 17.4. The number of rotatable bonds is 12. The molecule has 4 aromatic carbocycles. The van der Waals surface area contributed by atoms with Crippen LogP contribution in [-0.4, -0.2) is 61.2 Å². The monoisotopic (exact) mass is 685 g/mol. The molecule has 6 aromatic rings. The zero-order chi connectivity index (χ0) is 35.5. The number of fused-ring (bicyclic) bond motifs is 2. The van der Waals surface area contributed by atoms with E-state index in [-0.39, 0.29) is 18.6 Å². The summed E-state index contributed by atoms with van der Waals surface area (Å²) in [4.78, 5) is 23.5. The molecule has 9 heteroatoms. The minimum absolute atomic E-state index is 0.0527. The van der Waals surface area contributed by atoms with E-state index in [1.54, 1.807) is 14.2 Å². The average molecular weight is 686 g/mol. The van der Waals surface area contributed by atoms with Crippen molar-refractivity contribution in [3.8, 4) is 11.5 Å². The number of aromatic amines is 1. The van der Waals surface area contributed by atoms with Gasteiger partial charge >= 0.3 is 0 Å². The number of methoxy groups -OCH3 is 2. The summed E-state index contributed by atoms with van der Waals surface area (Å²) >= 11 is 0. The minimum Gasteiger partial charge on any atom is -0.497 e. The average Bonchev–Trinajstić information content (AvgIpc) is 3.55. The first-order valence-electron chi connectivity index (χ1n) is 17.4. The fourth-order valence-corrected chi connectivity index (χ4v) is 7.18. The second-order valence-corrected chi connectivity index (χ2v) is 12.8. The number of nitrogens with zero attached hydrogens (tertiary/aromatic N) is 2. The van der Waals surface area contributed by atoms with Crippen LogP contribution in [0.15, 0.2) is 114 Å². The van der Waals surface area contributed by atoms with Crippen molar-refractivity contribution in [1.82, 2.24) is 9.97 Å². The van der Waals surface area contributed by atoms with Crippen molar-refractivity contribution in [3.63, 3.8) is 0 Å². The van der Waals surface area contributed by atoms with E-state index in [0.29, 0.717) is 11.2 Å². The minimum atomic E-state index is -1.07. The summed E-state index contributed by atoms with van der Waals surface area (Å²) in [5.74, 6) is 1.45. The molecule has 0 saturated carbocycles. The molecule has 0 spiro atoms. The predicted octanol–water partition coefficient (Wildman–Crippen LogP) is 7.14. The Morgan fingerprint density at radius 3 is 2.06 bits per heavy atom. The maximum Gasteiger partial charge on any atom is 0.255 e. The quantitative estimate of drug-likeness (QED) is 0.104. The van der Waals surface area contributed by atoms with Gasteiger partial charge in [-0.05, 0) is 79.1 Å². The summed E-state index contributed by atoms with van der Waals surface area (Å²) in [5, 5.41) is 13.1. The maximum absolute atomic E-state index is 13.5. The molecule has 51 heavy (non-hydrogen) atoms. The summed E-state index contributed by atoms with van der Waals surface area (Å²) in [5.41, 5.74) is 4.16. The first-order chi connectivity index (χ1) is 24.9. The molecule has 0 aliphatic carbocycles. The third-order valence-corrected chi connectivity index (χ3v) is 9.97. The number of nitrogens with one attached hydrogen (secondary N) is 1. The van der Waals surface area contributed by atoms with Crippen LogP contribution in [0.4, 0.5) is 5.69 Å². The molecule has 1 aliphatic rings. The van der Waals surface area contributed by atoms with Crippen LogP contribution in [0.1, 0.15) is 48.6 Å². The van der Waals surface area contributed by atoms with Gasteiger partial charge in [0.2, 0.25) is 0 Å². The van der Waals surface area contributed by atoms with Crippen LogP contribution < -0.4 is 19.9 Å². The number of aromatic nitrogens is 2. The molecular weight excluding hydrogens is 642 g/mol. The lowest BCUT2D eigenvalue weighted by Gasteiger charge is -2.37. The molecule has 2 N–H and O–H groups in total. The molecule has 3 heterocycles. The highest BCUT2D eigenvalue weighted by atomic mass is 16.6. The molecule has 0 radical (unpaired) electrons. The van der Waals surface area contributed by atoms with E-state index in [4.69, 9.17) is 23.9 Å². The van der Waals surface area contributed by atoms with Gasteiger partial charge in [0, 0.05) is 41.5 Å². The van der Waals surface area contributed by atoms with Gasteiger partial charge in [-0.2, -0.15) is 0 Å². The van der Waals surface area contributed by atoms with E-state index < -0.39 is 23.9 Å². The van der Waals surface area contributed by atoms with Gasteiger partial charge in [-0.1, -0.05) is 60.7 Å². The van der Waals surface area contributed by atoms with Gasteiger partial charge in [0.05, 0.1) is 38.6 Å². The topological polar surface area (TPSA) is 106 Å². The van der Waals surface area contributed by atoms with E-state index >= 15 is 0 Å². The SMILES string of the molecule is CCN(CC)c1ccc2cc3cc([C@H]4C[C@H](O)[C@@H](COC(c5ccccc5)(c5ccc(OC)cc5)c5ccc(OC)cc5)O4)c(=O)[nH]c3nc2c1. The standard InChI is InChI=1S/C42H43N3O6/c1-5-45(6-2)32-17-12-27-22-28-23-35(41(47)44-40(28)43-36(27)24-32)38-25-37(46)39(51-38)26-50-42(29-10-8-7-9-11-29,30-13-18-33(48-3)19-14-30)31-15-20-34(49-4)21-16-31/h7-24,37-39,46H,5-6,25-26H2,1-4H3,(H,43,44,47)/t37-,38+,39+/m0/s1. The van der Waals surface area contributed by atoms with Gasteiger partial charge in [0.1, 0.15) is 28.9 Å².